The van der Waals surface area contributed by atoms with Gasteiger partial charge in [-0.15, -0.1) is 0 Å². The lowest BCUT2D eigenvalue weighted by molar-refractivity contribution is -0.111. The van der Waals surface area contributed by atoms with Crippen LogP contribution in [0.2, 0.25) is 0 Å². The molecule has 0 aromatic carbocycles. The van der Waals surface area contributed by atoms with E-state index in [1.54, 1.807) is 7.11 Å². The van der Waals surface area contributed by atoms with E-state index in [4.69, 9.17) is 14.7 Å². The van der Waals surface area contributed by atoms with Gasteiger partial charge in [0.25, 0.3) is 0 Å². The van der Waals surface area contributed by atoms with Crippen molar-refractivity contribution in [2.75, 3.05) is 13.9 Å². The Balaban J connectivity index is 3.55. The molecule has 0 spiro atoms. The molecule has 0 saturated carbocycles. The fourth-order valence-corrected chi connectivity index (χ4v) is 0.460. The van der Waals surface area contributed by atoms with Crippen LogP contribution in [0.1, 0.15) is 20.3 Å². The van der Waals surface area contributed by atoms with Crippen LogP contribution in [0.25, 0.3) is 0 Å². The van der Waals surface area contributed by atoms with Gasteiger partial charge in [0.15, 0.2) is 0 Å². The van der Waals surface area contributed by atoms with E-state index in [0.29, 0.717) is 6.42 Å². The molecular formula is C7H13NO2. The average Bonchev–Trinajstić information content (AvgIpc) is 1.84. The topological polar surface area (TPSA) is 42.2 Å². The Morgan fingerprint density at radius 3 is 2.50 bits per heavy atom. The van der Waals surface area contributed by atoms with Gasteiger partial charge in [0.05, 0.1) is 18.1 Å². The average molecular weight is 143 g/mol. The first-order chi connectivity index (χ1) is 4.62. The summed E-state index contributed by atoms with van der Waals surface area (Å²) in [6.07, 6.45) is 0.385. The van der Waals surface area contributed by atoms with Crippen molar-refractivity contribution in [1.29, 1.82) is 5.26 Å². The van der Waals surface area contributed by atoms with Crippen molar-refractivity contribution >= 4 is 0 Å². The number of rotatable bonds is 4. The molecular weight excluding hydrogens is 130 g/mol. The van der Waals surface area contributed by atoms with Gasteiger partial charge < -0.3 is 9.47 Å². The smallest absolute Gasteiger partial charge is 0.147 e. The SMILES string of the molecule is COCOC(C)(C)CC#N. The highest BCUT2D eigenvalue weighted by Crippen LogP contribution is 2.12. The summed E-state index contributed by atoms with van der Waals surface area (Å²) in [5.74, 6) is 0. The number of hydrogen-bond acceptors (Lipinski definition) is 3. The largest absolute Gasteiger partial charge is 0.359 e. The van der Waals surface area contributed by atoms with Crippen molar-refractivity contribution in [3.8, 4) is 6.07 Å². The quantitative estimate of drug-likeness (QED) is 0.557. The molecule has 0 atom stereocenters. The normalized spacial score (nSPS) is 11.0. The van der Waals surface area contributed by atoms with E-state index in [2.05, 4.69) is 0 Å². The zero-order chi connectivity index (χ0) is 8.04. The molecule has 10 heavy (non-hydrogen) atoms. The fraction of sp³-hybridized carbons (Fsp3) is 0.857. The second kappa shape index (κ2) is 4.26. The maximum absolute atomic E-state index is 8.33. The van der Waals surface area contributed by atoms with Gasteiger partial charge in [0.1, 0.15) is 6.79 Å². The molecule has 0 aliphatic rings. The third kappa shape index (κ3) is 4.30. The molecule has 3 heteroatoms. The van der Waals surface area contributed by atoms with Gasteiger partial charge in [0, 0.05) is 7.11 Å². The maximum atomic E-state index is 8.33. The van der Waals surface area contributed by atoms with Gasteiger partial charge >= 0.3 is 0 Å². The van der Waals surface area contributed by atoms with Crippen LogP contribution >= 0.6 is 0 Å². The Bertz CT molecular complexity index is 126. The molecule has 3 nitrogen and oxygen atoms in total. The van der Waals surface area contributed by atoms with Crippen LogP contribution in [0, 0.1) is 11.3 Å². The van der Waals surface area contributed by atoms with E-state index in [0.717, 1.165) is 0 Å². The van der Waals surface area contributed by atoms with Crippen molar-refractivity contribution in [2.45, 2.75) is 25.9 Å². The molecule has 0 amide bonds. The van der Waals surface area contributed by atoms with Crippen molar-refractivity contribution in [2.24, 2.45) is 0 Å². The minimum Gasteiger partial charge on any atom is -0.359 e. The van der Waals surface area contributed by atoms with Gasteiger partial charge in [-0.05, 0) is 13.8 Å². The van der Waals surface area contributed by atoms with Gasteiger partial charge in [0.2, 0.25) is 0 Å². The van der Waals surface area contributed by atoms with E-state index < -0.39 is 0 Å². The molecule has 0 radical (unpaired) electrons. The lowest BCUT2D eigenvalue weighted by Crippen LogP contribution is -2.24. The minimum atomic E-state index is -0.384. The lowest BCUT2D eigenvalue weighted by Gasteiger charge is -2.20. The van der Waals surface area contributed by atoms with E-state index in [1.165, 1.54) is 0 Å². The van der Waals surface area contributed by atoms with Crippen molar-refractivity contribution in [3.63, 3.8) is 0 Å². The highest BCUT2D eigenvalue weighted by atomic mass is 16.7. The molecule has 0 fully saturated rings. The number of methoxy groups -OCH3 is 1. The van der Waals surface area contributed by atoms with Crippen LogP contribution in [0.3, 0.4) is 0 Å². The Morgan fingerprint density at radius 1 is 1.50 bits per heavy atom. The van der Waals surface area contributed by atoms with Crippen LogP contribution in [0.5, 0.6) is 0 Å². The number of nitriles is 1. The highest BCUT2D eigenvalue weighted by molar-refractivity contribution is 4.82. The Hall–Kier alpha value is -0.590. The fourth-order valence-electron chi connectivity index (χ4n) is 0.460. The minimum absolute atomic E-state index is 0.245. The molecule has 0 rings (SSSR count). The van der Waals surface area contributed by atoms with Crippen molar-refractivity contribution in [1.82, 2.24) is 0 Å². The summed E-state index contributed by atoms with van der Waals surface area (Å²) in [6, 6.07) is 2.04. The molecule has 0 aliphatic heterocycles. The van der Waals surface area contributed by atoms with E-state index in [-0.39, 0.29) is 12.4 Å². The number of hydrogen-bond donors (Lipinski definition) is 0. The van der Waals surface area contributed by atoms with Crippen LogP contribution in [-0.2, 0) is 9.47 Å². The highest BCUT2D eigenvalue weighted by Gasteiger charge is 2.16. The number of ether oxygens (including phenoxy) is 2. The third-order valence-electron chi connectivity index (χ3n) is 1.07. The van der Waals surface area contributed by atoms with Gasteiger partial charge in [-0.1, -0.05) is 0 Å². The van der Waals surface area contributed by atoms with Crippen LogP contribution < -0.4 is 0 Å². The molecule has 0 saturated heterocycles. The monoisotopic (exact) mass is 143 g/mol. The summed E-state index contributed by atoms with van der Waals surface area (Å²) in [4.78, 5) is 0. The van der Waals surface area contributed by atoms with E-state index in [9.17, 15) is 0 Å². The summed E-state index contributed by atoms with van der Waals surface area (Å²) in [6.45, 7) is 3.96. The van der Waals surface area contributed by atoms with Crippen LogP contribution in [0.4, 0.5) is 0 Å². The molecule has 0 N–H and O–H groups in total. The molecule has 0 heterocycles. The molecule has 0 bridgehead atoms. The first-order valence-corrected chi connectivity index (χ1v) is 3.12. The first kappa shape index (κ1) is 9.41. The van der Waals surface area contributed by atoms with Gasteiger partial charge in [-0.2, -0.15) is 5.26 Å². The van der Waals surface area contributed by atoms with Crippen LogP contribution in [-0.4, -0.2) is 19.5 Å². The standard InChI is InChI=1S/C7H13NO2/c1-7(2,4-5-8)10-6-9-3/h4,6H2,1-3H3. The van der Waals surface area contributed by atoms with Gasteiger partial charge in [-0.3, -0.25) is 0 Å². The number of nitrogens with zero attached hydrogens (tertiary/aromatic N) is 1. The lowest BCUT2D eigenvalue weighted by atomic mass is 10.1. The van der Waals surface area contributed by atoms with Gasteiger partial charge in [-0.25, -0.2) is 0 Å². The Labute approximate surface area is 61.5 Å². The summed E-state index contributed by atoms with van der Waals surface area (Å²) in [5, 5.41) is 8.33. The zero-order valence-corrected chi connectivity index (χ0v) is 6.68. The molecule has 0 aromatic rings. The Morgan fingerprint density at radius 2 is 2.10 bits per heavy atom. The molecule has 0 aliphatic carbocycles. The molecule has 0 aromatic heterocycles. The van der Waals surface area contributed by atoms with Crippen molar-refractivity contribution < 1.29 is 9.47 Å². The second-order valence-corrected chi connectivity index (χ2v) is 2.65. The maximum Gasteiger partial charge on any atom is 0.147 e. The van der Waals surface area contributed by atoms with E-state index >= 15 is 0 Å². The van der Waals surface area contributed by atoms with Crippen LogP contribution in [0.15, 0.2) is 0 Å². The predicted molar refractivity (Wildman–Crippen MR) is 37.3 cm³/mol. The van der Waals surface area contributed by atoms with E-state index in [1.807, 2.05) is 19.9 Å². The summed E-state index contributed by atoms with van der Waals surface area (Å²) in [7, 11) is 1.56. The van der Waals surface area contributed by atoms with Crippen molar-refractivity contribution in [3.05, 3.63) is 0 Å². The second-order valence-electron chi connectivity index (χ2n) is 2.65. The molecule has 0 unspecified atom stereocenters. The zero-order valence-electron chi connectivity index (χ0n) is 6.68. The first-order valence-electron chi connectivity index (χ1n) is 3.12. The molecule has 58 valence electrons. The third-order valence-corrected chi connectivity index (χ3v) is 1.07. The summed E-state index contributed by atoms with van der Waals surface area (Å²) >= 11 is 0. The summed E-state index contributed by atoms with van der Waals surface area (Å²) in [5.41, 5.74) is -0.384. The Kier molecular flexibility index (Phi) is 4.01. The summed E-state index contributed by atoms with van der Waals surface area (Å²) < 4.78 is 9.87. The predicted octanol–water partition coefficient (Wildman–Crippen LogP) is 1.30.